The number of piperidine rings is 1. The fourth-order valence-electron chi connectivity index (χ4n) is 2.57. The lowest BCUT2D eigenvalue weighted by Crippen LogP contribution is -2.44. The van der Waals surface area contributed by atoms with Crippen LogP contribution in [0.25, 0.3) is 0 Å². The summed E-state index contributed by atoms with van der Waals surface area (Å²) in [4.78, 5) is 25.8. The van der Waals surface area contributed by atoms with Crippen LogP contribution >= 0.6 is 0 Å². The number of aryl methyl sites for hydroxylation is 1. The SMILES string of the molecule is CCC1CN(C(=O)Cc2ccccc2C)CCC1=O. The van der Waals surface area contributed by atoms with Crippen LogP contribution in [0.4, 0.5) is 0 Å². The first-order valence-corrected chi connectivity index (χ1v) is 6.96. The van der Waals surface area contributed by atoms with Gasteiger partial charge in [0, 0.05) is 25.4 Å². The van der Waals surface area contributed by atoms with Crippen molar-refractivity contribution >= 4 is 11.7 Å². The van der Waals surface area contributed by atoms with Gasteiger partial charge in [0.25, 0.3) is 0 Å². The molecule has 0 aliphatic carbocycles. The Morgan fingerprint density at radius 3 is 2.79 bits per heavy atom. The van der Waals surface area contributed by atoms with Crippen LogP contribution in [0, 0.1) is 12.8 Å². The Labute approximate surface area is 114 Å². The minimum absolute atomic E-state index is 0.0366. The number of amides is 1. The van der Waals surface area contributed by atoms with Crippen LogP contribution < -0.4 is 0 Å². The molecule has 1 aliphatic rings. The Kier molecular flexibility index (Phi) is 4.35. The lowest BCUT2D eigenvalue weighted by atomic mass is 9.93. The van der Waals surface area contributed by atoms with E-state index in [4.69, 9.17) is 0 Å². The molecule has 0 saturated carbocycles. The average Bonchev–Trinajstić information content (AvgIpc) is 2.42. The molecule has 1 aliphatic heterocycles. The summed E-state index contributed by atoms with van der Waals surface area (Å²) >= 11 is 0. The van der Waals surface area contributed by atoms with Gasteiger partial charge in [-0.05, 0) is 24.5 Å². The second-order valence-electron chi connectivity index (χ2n) is 5.26. The van der Waals surface area contributed by atoms with Crippen LogP contribution in [-0.2, 0) is 16.0 Å². The van der Waals surface area contributed by atoms with Crippen LogP contribution in [0.15, 0.2) is 24.3 Å². The Morgan fingerprint density at radius 1 is 1.37 bits per heavy atom. The zero-order chi connectivity index (χ0) is 13.8. The van der Waals surface area contributed by atoms with Crippen LogP contribution in [0.2, 0.25) is 0 Å². The fraction of sp³-hybridized carbons (Fsp3) is 0.500. The summed E-state index contributed by atoms with van der Waals surface area (Å²) in [5, 5.41) is 0. The van der Waals surface area contributed by atoms with E-state index in [1.54, 1.807) is 0 Å². The second kappa shape index (κ2) is 6.00. The van der Waals surface area contributed by atoms with E-state index in [0.717, 1.165) is 17.5 Å². The largest absolute Gasteiger partial charge is 0.341 e. The van der Waals surface area contributed by atoms with Crippen molar-refractivity contribution in [3.63, 3.8) is 0 Å². The summed E-state index contributed by atoms with van der Waals surface area (Å²) in [5.41, 5.74) is 2.23. The number of benzene rings is 1. The van der Waals surface area contributed by atoms with E-state index in [0.29, 0.717) is 31.7 Å². The molecule has 1 atom stereocenters. The van der Waals surface area contributed by atoms with E-state index in [9.17, 15) is 9.59 Å². The number of Topliss-reactive ketones (excluding diaryl/α,β-unsaturated/α-hetero) is 1. The van der Waals surface area contributed by atoms with Crippen molar-refractivity contribution < 1.29 is 9.59 Å². The molecule has 1 aromatic carbocycles. The molecule has 1 saturated heterocycles. The minimum Gasteiger partial charge on any atom is -0.341 e. The summed E-state index contributed by atoms with van der Waals surface area (Å²) in [6.45, 7) is 5.22. The van der Waals surface area contributed by atoms with Gasteiger partial charge >= 0.3 is 0 Å². The highest BCUT2D eigenvalue weighted by molar-refractivity contribution is 5.86. The summed E-state index contributed by atoms with van der Waals surface area (Å²) in [6.07, 6.45) is 1.78. The van der Waals surface area contributed by atoms with Gasteiger partial charge in [0.05, 0.1) is 6.42 Å². The van der Waals surface area contributed by atoms with Gasteiger partial charge in [-0.1, -0.05) is 31.2 Å². The van der Waals surface area contributed by atoms with Gasteiger partial charge < -0.3 is 4.90 Å². The molecule has 3 nitrogen and oxygen atoms in total. The van der Waals surface area contributed by atoms with Crippen molar-refractivity contribution in [1.29, 1.82) is 0 Å². The fourth-order valence-corrected chi connectivity index (χ4v) is 2.57. The molecule has 2 rings (SSSR count). The predicted octanol–water partition coefficient (Wildman–Crippen LogP) is 2.37. The smallest absolute Gasteiger partial charge is 0.227 e. The van der Waals surface area contributed by atoms with Crippen molar-refractivity contribution in [3.05, 3.63) is 35.4 Å². The molecule has 0 radical (unpaired) electrons. The highest BCUT2D eigenvalue weighted by atomic mass is 16.2. The molecule has 3 heteroatoms. The van der Waals surface area contributed by atoms with Gasteiger partial charge in [-0.25, -0.2) is 0 Å². The third-order valence-corrected chi connectivity index (χ3v) is 3.97. The maximum Gasteiger partial charge on any atom is 0.227 e. The number of ketones is 1. The molecule has 1 amide bonds. The number of nitrogens with zero attached hydrogens (tertiary/aromatic N) is 1. The van der Waals surface area contributed by atoms with Crippen molar-refractivity contribution in [3.8, 4) is 0 Å². The van der Waals surface area contributed by atoms with Gasteiger partial charge in [-0.15, -0.1) is 0 Å². The molecule has 0 aromatic heterocycles. The molecule has 102 valence electrons. The third-order valence-electron chi connectivity index (χ3n) is 3.97. The molecule has 1 fully saturated rings. The molecular formula is C16H21NO2. The quantitative estimate of drug-likeness (QED) is 0.835. The van der Waals surface area contributed by atoms with Crippen molar-refractivity contribution in [2.24, 2.45) is 5.92 Å². The molecule has 0 spiro atoms. The molecule has 1 heterocycles. The molecular weight excluding hydrogens is 238 g/mol. The summed E-state index contributed by atoms with van der Waals surface area (Å²) in [6, 6.07) is 7.97. The topological polar surface area (TPSA) is 37.4 Å². The van der Waals surface area contributed by atoms with E-state index in [-0.39, 0.29) is 11.8 Å². The number of likely N-dealkylation sites (tertiary alicyclic amines) is 1. The first kappa shape index (κ1) is 13.8. The average molecular weight is 259 g/mol. The lowest BCUT2D eigenvalue weighted by molar-refractivity contribution is -0.136. The maximum atomic E-state index is 12.3. The summed E-state index contributed by atoms with van der Waals surface area (Å²) in [5.74, 6) is 0.484. The van der Waals surface area contributed by atoms with Crippen LogP contribution in [-0.4, -0.2) is 29.7 Å². The van der Waals surface area contributed by atoms with Gasteiger partial charge in [0.1, 0.15) is 5.78 Å². The second-order valence-corrected chi connectivity index (χ2v) is 5.26. The minimum atomic E-state index is 0.0366. The standard InChI is InChI=1S/C16H21NO2/c1-3-13-11-17(9-8-15(13)18)16(19)10-14-7-5-4-6-12(14)2/h4-7,13H,3,8-11H2,1-2H3. The van der Waals surface area contributed by atoms with Gasteiger partial charge in [0.15, 0.2) is 0 Å². The van der Waals surface area contributed by atoms with E-state index >= 15 is 0 Å². The first-order valence-electron chi connectivity index (χ1n) is 6.96. The molecule has 0 N–H and O–H groups in total. The van der Waals surface area contributed by atoms with E-state index in [1.807, 2.05) is 43.0 Å². The van der Waals surface area contributed by atoms with Gasteiger partial charge in [-0.2, -0.15) is 0 Å². The molecule has 1 aromatic rings. The van der Waals surface area contributed by atoms with E-state index < -0.39 is 0 Å². The number of hydrogen-bond acceptors (Lipinski definition) is 2. The monoisotopic (exact) mass is 259 g/mol. The molecule has 19 heavy (non-hydrogen) atoms. The number of carbonyl (C=O) groups excluding carboxylic acids is 2. The zero-order valence-electron chi connectivity index (χ0n) is 11.7. The number of carbonyl (C=O) groups is 2. The van der Waals surface area contributed by atoms with Gasteiger partial charge in [0.2, 0.25) is 5.91 Å². The summed E-state index contributed by atoms with van der Waals surface area (Å²) in [7, 11) is 0. The highest BCUT2D eigenvalue weighted by Gasteiger charge is 2.28. The zero-order valence-corrected chi connectivity index (χ0v) is 11.7. The highest BCUT2D eigenvalue weighted by Crippen LogP contribution is 2.18. The molecule has 1 unspecified atom stereocenters. The Bertz CT molecular complexity index is 481. The first-order chi connectivity index (χ1) is 9.11. The Balaban J connectivity index is 2.01. The summed E-state index contributed by atoms with van der Waals surface area (Å²) < 4.78 is 0. The van der Waals surface area contributed by atoms with Gasteiger partial charge in [-0.3, -0.25) is 9.59 Å². The maximum absolute atomic E-state index is 12.3. The van der Waals surface area contributed by atoms with Crippen LogP contribution in [0.1, 0.15) is 30.9 Å². The number of hydrogen-bond donors (Lipinski definition) is 0. The van der Waals surface area contributed by atoms with Crippen LogP contribution in [0.5, 0.6) is 0 Å². The normalized spacial score (nSPS) is 19.6. The lowest BCUT2D eigenvalue weighted by Gasteiger charge is -2.31. The van der Waals surface area contributed by atoms with Crippen molar-refractivity contribution in [1.82, 2.24) is 4.90 Å². The Hall–Kier alpha value is -1.64. The van der Waals surface area contributed by atoms with Crippen molar-refractivity contribution in [2.75, 3.05) is 13.1 Å². The number of rotatable bonds is 3. The van der Waals surface area contributed by atoms with Crippen molar-refractivity contribution in [2.45, 2.75) is 33.1 Å². The predicted molar refractivity (Wildman–Crippen MR) is 74.9 cm³/mol. The molecule has 0 bridgehead atoms. The third kappa shape index (κ3) is 3.22. The van der Waals surface area contributed by atoms with E-state index in [2.05, 4.69) is 0 Å². The van der Waals surface area contributed by atoms with E-state index in [1.165, 1.54) is 0 Å². The van der Waals surface area contributed by atoms with Crippen LogP contribution in [0.3, 0.4) is 0 Å². The Morgan fingerprint density at radius 2 is 2.11 bits per heavy atom.